The van der Waals surface area contributed by atoms with Crippen molar-refractivity contribution in [2.45, 2.75) is 44.2 Å². The minimum atomic E-state index is -4.07. The van der Waals surface area contributed by atoms with Gasteiger partial charge in [0.15, 0.2) is 9.84 Å². The van der Waals surface area contributed by atoms with Gasteiger partial charge >= 0.3 is 6.03 Å². The van der Waals surface area contributed by atoms with Crippen LogP contribution in [0.5, 0.6) is 0 Å². The fourth-order valence-electron chi connectivity index (χ4n) is 3.41. The average Bonchev–Trinajstić information content (AvgIpc) is 3.06. The maximum absolute atomic E-state index is 13.0. The molecule has 162 valence electrons. The Bertz CT molecular complexity index is 1110. The summed E-state index contributed by atoms with van der Waals surface area (Å²) < 4.78 is 51.4. The highest BCUT2D eigenvalue weighted by molar-refractivity contribution is 7.91. The molecule has 1 saturated heterocycles. The number of nitrogens with one attached hydrogen (secondary N) is 1. The summed E-state index contributed by atoms with van der Waals surface area (Å²) in [6.07, 6.45) is 1.16. The van der Waals surface area contributed by atoms with Crippen LogP contribution >= 0.6 is 0 Å². The predicted molar refractivity (Wildman–Crippen MR) is 115 cm³/mol. The molecule has 0 bridgehead atoms. The molecule has 2 amide bonds. The van der Waals surface area contributed by atoms with Gasteiger partial charge in [-0.1, -0.05) is 48.9 Å². The summed E-state index contributed by atoms with van der Waals surface area (Å²) >= 11 is 0. The number of urea groups is 1. The molecule has 1 heterocycles. The normalized spacial score (nSPS) is 18.1. The molecule has 1 aliphatic rings. The van der Waals surface area contributed by atoms with E-state index < -0.39 is 31.9 Å². The summed E-state index contributed by atoms with van der Waals surface area (Å²) in [5, 5.41) is 0. The minimum Gasteiger partial charge on any atom is -0.316 e. The molecule has 7 nitrogen and oxygen atoms in total. The van der Waals surface area contributed by atoms with Gasteiger partial charge in [0.2, 0.25) is 0 Å². The lowest BCUT2D eigenvalue weighted by Crippen LogP contribution is -2.48. The first-order valence-corrected chi connectivity index (χ1v) is 13.1. The van der Waals surface area contributed by atoms with Crippen molar-refractivity contribution in [3.05, 3.63) is 65.2 Å². The standard InChI is InChI=1S/C21H26N2O5S2/c1-3-17-6-8-18(9-7-17)14-23(19-12-13-29(25,26)15-19)21(24)22-30(27,28)20-10-4-16(2)5-11-20/h4-11,19H,3,12-15H2,1-2H3,(H,22,24). The van der Waals surface area contributed by atoms with E-state index in [1.807, 2.05) is 38.1 Å². The van der Waals surface area contributed by atoms with Crippen molar-refractivity contribution in [1.29, 1.82) is 0 Å². The quantitative estimate of drug-likeness (QED) is 0.729. The Kier molecular flexibility index (Phi) is 6.52. The van der Waals surface area contributed by atoms with E-state index in [0.717, 1.165) is 23.1 Å². The number of nitrogens with zero attached hydrogens (tertiary/aromatic N) is 1. The highest BCUT2D eigenvalue weighted by Crippen LogP contribution is 2.21. The van der Waals surface area contributed by atoms with Gasteiger partial charge in [-0.15, -0.1) is 0 Å². The number of aryl methyl sites for hydroxylation is 2. The molecule has 0 radical (unpaired) electrons. The number of hydrogen-bond acceptors (Lipinski definition) is 5. The van der Waals surface area contributed by atoms with E-state index >= 15 is 0 Å². The molecule has 2 aromatic rings. The number of hydrogen-bond donors (Lipinski definition) is 1. The zero-order valence-corrected chi connectivity index (χ0v) is 18.7. The first kappa shape index (κ1) is 22.3. The van der Waals surface area contributed by atoms with Crippen molar-refractivity contribution in [3.63, 3.8) is 0 Å². The van der Waals surface area contributed by atoms with Crippen molar-refractivity contribution < 1.29 is 21.6 Å². The van der Waals surface area contributed by atoms with E-state index in [1.165, 1.54) is 17.0 Å². The second-order valence-electron chi connectivity index (χ2n) is 7.58. The van der Waals surface area contributed by atoms with Crippen LogP contribution in [0.3, 0.4) is 0 Å². The summed E-state index contributed by atoms with van der Waals surface area (Å²) in [5.74, 6) is -0.182. The lowest BCUT2D eigenvalue weighted by atomic mass is 10.1. The molecule has 0 aliphatic carbocycles. The molecule has 0 spiro atoms. The minimum absolute atomic E-state index is 0.0130. The molecular formula is C21H26N2O5S2. The Morgan fingerprint density at radius 2 is 1.67 bits per heavy atom. The van der Waals surface area contributed by atoms with Crippen molar-refractivity contribution in [2.75, 3.05) is 11.5 Å². The maximum atomic E-state index is 13.0. The predicted octanol–water partition coefficient (Wildman–Crippen LogP) is 2.65. The van der Waals surface area contributed by atoms with Gasteiger partial charge in [-0.3, -0.25) is 0 Å². The van der Waals surface area contributed by atoms with Gasteiger partial charge in [0.25, 0.3) is 10.0 Å². The Morgan fingerprint density at radius 3 is 2.20 bits per heavy atom. The van der Waals surface area contributed by atoms with Gasteiger partial charge in [0.1, 0.15) is 0 Å². The first-order valence-electron chi connectivity index (χ1n) is 9.78. The first-order chi connectivity index (χ1) is 14.1. The van der Waals surface area contributed by atoms with Crippen molar-refractivity contribution in [2.24, 2.45) is 0 Å². The Labute approximate surface area is 178 Å². The van der Waals surface area contributed by atoms with Crippen molar-refractivity contribution >= 4 is 25.9 Å². The molecule has 0 saturated carbocycles. The van der Waals surface area contributed by atoms with Crippen molar-refractivity contribution in [3.8, 4) is 0 Å². The van der Waals surface area contributed by atoms with Gasteiger partial charge in [-0.05, 0) is 43.0 Å². The van der Waals surface area contributed by atoms with E-state index in [2.05, 4.69) is 4.72 Å². The smallest absolute Gasteiger partial charge is 0.316 e. The number of carbonyl (C=O) groups excluding carboxylic acids is 1. The van der Waals surface area contributed by atoms with Crippen LogP contribution in [0.25, 0.3) is 0 Å². The summed E-state index contributed by atoms with van der Waals surface area (Å²) in [6.45, 7) is 3.99. The van der Waals surface area contributed by atoms with E-state index in [9.17, 15) is 21.6 Å². The third kappa shape index (κ3) is 5.40. The molecule has 0 aromatic heterocycles. The molecule has 1 unspecified atom stereocenters. The molecule has 3 rings (SSSR count). The molecule has 1 aliphatic heterocycles. The lowest BCUT2D eigenvalue weighted by Gasteiger charge is -2.28. The van der Waals surface area contributed by atoms with Gasteiger partial charge in [0, 0.05) is 12.6 Å². The number of sulfone groups is 1. The van der Waals surface area contributed by atoms with Crippen LogP contribution in [0.2, 0.25) is 0 Å². The average molecular weight is 451 g/mol. The van der Waals surface area contributed by atoms with Gasteiger partial charge < -0.3 is 4.90 Å². The van der Waals surface area contributed by atoms with Crippen LogP contribution in [-0.4, -0.2) is 45.3 Å². The van der Waals surface area contributed by atoms with Gasteiger partial charge in [-0.25, -0.2) is 26.4 Å². The summed E-state index contributed by atoms with van der Waals surface area (Å²) in [6, 6.07) is 12.4. The number of benzene rings is 2. The van der Waals surface area contributed by atoms with Crippen LogP contribution in [0, 0.1) is 6.92 Å². The number of sulfonamides is 1. The van der Waals surface area contributed by atoms with Gasteiger partial charge in [0.05, 0.1) is 16.4 Å². The molecule has 1 N–H and O–H groups in total. The highest BCUT2D eigenvalue weighted by atomic mass is 32.2. The van der Waals surface area contributed by atoms with Crippen molar-refractivity contribution in [1.82, 2.24) is 9.62 Å². The third-order valence-corrected chi connectivity index (χ3v) is 8.33. The van der Waals surface area contributed by atoms with Crippen LogP contribution in [0.1, 0.15) is 30.0 Å². The third-order valence-electron chi connectivity index (χ3n) is 5.25. The summed E-state index contributed by atoms with van der Waals surface area (Å²) in [5.41, 5.74) is 2.84. The molecule has 9 heteroatoms. The molecular weight excluding hydrogens is 424 g/mol. The van der Waals surface area contributed by atoms with E-state index in [1.54, 1.807) is 12.1 Å². The topological polar surface area (TPSA) is 101 Å². The number of amides is 2. The Morgan fingerprint density at radius 1 is 1.07 bits per heavy atom. The second-order valence-corrected chi connectivity index (χ2v) is 11.5. The molecule has 1 atom stereocenters. The number of carbonyl (C=O) groups is 1. The van der Waals surface area contributed by atoms with Crippen LogP contribution in [0.4, 0.5) is 4.79 Å². The molecule has 1 fully saturated rings. The monoisotopic (exact) mass is 450 g/mol. The largest absolute Gasteiger partial charge is 0.331 e. The summed E-state index contributed by atoms with van der Waals surface area (Å²) in [4.78, 5) is 14.3. The SMILES string of the molecule is CCc1ccc(CN(C(=O)NS(=O)(=O)c2ccc(C)cc2)C2CCS(=O)(=O)C2)cc1. The van der Waals surface area contributed by atoms with E-state index in [0.29, 0.717) is 0 Å². The fourth-order valence-corrected chi connectivity index (χ4v) is 6.11. The van der Waals surface area contributed by atoms with E-state index in [4.69, 9.17) is 0 Å². The highest BCUT2D eigenvalue weighted by Gasteiger charge is 2.36. The van der Waals surface area contributed by atoms with Crippen LogP contribution in [0.15, 0.2) is 53.4 Å². The maximum Gasteiger partial charge on any atom is 0.331 e. The van der Waals surface area contributed by atoms with Crippen LogP contribution < -0.4 is 4.72 Å². The molecule has 30 heavy (non-hydrogen) atoms. The van der Waals surface area contributed by atoms with Gasteiger partial charge in [-0.2, -0.15) is 0 Å². The molecule has 2 aromatic carbocycles. The van der Waals surface area contributed by atoms with E-state index in [-0.39, 0.29) is 29.4 Å². The second kappa shape index (κ2) is 8.77. The zero-order chi connectivity index (χ0) is 21.9. The number of rotatable bonds is 6. The summed E-state index contributed by atoms with van der Waals surface area (Å²) in [7, 11) is -7.32. The Hall–Kier alpha value is -2.39. The zero-order valence-electron chi connectivity index (χ0n) is 17.0. The lowest BCUT2D eigenvalue weighted by molar-refractivity contribution is 0.182. The Balaban J connectivity index is 1.84. The fraction of sp³-hybridized carbons (Fsp3) is 0.381. The van der Waals surface area contributed by atoms with Crippen LogP contribution in [-0.2, 0) is 32.8 Å².